The number of ether oxygens (including phenoxy) is 2. The van der Waals surface area contributed by atoms with Crippen LogP contribution in [0.15, 0.2) is 59.1 Å². The normalized spacial score (nSPS) is 11.8. The van der Waals surface area contributed by atoms with Gasteiger partial charge in [-0.25, -0.2) is 0 Å². The standard InChI is InChI=1S/C29H36N4O6/c1-7-29(3,4)31-28(36)26(21-14-11-15-22(37-5)27(21)38-6)33(20-12-9-8-10-13-20)25(35)17-16-24(34)30-23-18-19(2)39-32-23/h8-15,18,26H,7,16-17H2,1-6H3,(H,31,36)(H,30,32,34)/t26-/m1/s1. The second kappa shape index (κ2) is 12.9. The molecular weight excluding hydrogens is 500 g/mol. The van der Waals surface area contributed by atoms with Crippen molar-refractivity contribution < 1.29 is 28.4 Å². The lowest BCUT2D eigenvalue weighted by atomic mass is 9.97. The molecule has 0 fully saturated rings. The van der Waals surface area contributed by atoms with E-state index < -0.39 is 29.3 Å². The summed E-state index contributed by atoms with van der Waals surface area (Å²) < 4.78 is 16.1. The van der Waals surface area contributed by atoms with Crippen molar-refractivity contribution in [2.75, 3.05) is 24.4 Å². The van der Waals surface area contributed by atoms with Crippen LogP contribution < -0.4 is 25.0 Å². The van der Waals surface area contributed by atoms with Crippen molar-refractivity contribution in [3.8, 4) is 11.5 Å². The van der Waals surface area contributed by atoms with Gasteiger partial charge < -0.3 is 24.6 Å². The average molecular weight is 537 g/mol. The lowest BCUT2D eigenvalue weighted by molar-refractivity contribution is -0.128. The number of para-hydroxylation sites is 2. The second-order valence-corrected chi connectivity index (χ2v) is 9.68. The van der Waals surface area contributed by atoms with E-state index >= 15 is 0 Å². The van der Waals surface area contributed by atoms with Gasteiger partial charge in [-0.05, 0) is 45.4 Å². The Morgan fingerprint density at radius 1 is 1.03 bits per heavy atom. The predicted octanol–water partition coefficient (Wildman–Crippen LogP) is 4.80. The van der Waals surface area contributed by atoms with Crippen LogP contribution in [0.1, 0.15) is 57.4 Å². The summed E-state index contributed by atoms with van der Waals surface area (Å²) in [6.45, 7) is 7.50. The first-order valence-corrected chi connectivity index (χ1v) is 12.7. The van der Waals surface area contributed by atoms with E-state index in [2.05, 4.69) is 15.8 Å². The van der Waals surface area contributed by atoms with Gasteiger partial charge in [0.15, 0.2) is 17.3 Å². The van der Waals surface area contributed by atoms with E-state index in [1.54, 1.807) is 55.5 Å². The molecule has 2 aromatic carbocycles. The van der Waals surface area contributed by atoms with Crippen molar-refractivity contribution in [2.24, 2.45) is 0 Å². The third-order valence-corrected chi connectivity index (χ3v) is 6.34. The number of benzene rings is 2. The Balaban J connectivity index is 2.03. The lowest BCUT2D eigenvalue weighted by Crippen LogP contribution is -2.50. The van der Waals surface area contributed by atoms with Gasteiger partial charge in [0, 0.05) is 35.7 Å². The Hall–Kier alpha value is -4.34. The fourth-order valence-electron chi connectivity index (χ4n) is 4.01. The van der Waals surface area contributed by atoms with E-state index in [9.17, 15) is 14.4 Å². The highest BCUT2D eigenvalue weighted by atomic mass is 16.5. The smallest absolute Gasteiger partial charge is 0.248 e. The highest BCUT2D eigenvalue weighted by Crippen LogP contribution is 2.39. The molecule has 0 unspecified atom stereocenters. The summed E-state index contributed by atoms with van der Waals surface area (Å²) >= 11 is 0. The molecular formula is C29H36N4O6. The highest BCUT2D eigenvalue weighted by molar-refractivity contribution is 6.03. The van der Waals surface area contributed by atoms with Crippen LogP contribution in [0.5, 0.6) is 11.5 Å². The summed E-state index contributed by atoms with van der Waals surface area (Å²) in [5.41, 5.74) is 0.401. The van der Waals surface area contributed by atoms with Crippen molar-refractivity contribution in [3.05, 3.63) is 65.9 Å². The van der Waals surface area contributed by atoms with Gasteiger partial charge in [-0.15, -0.1) is 0 Å². The van der Waals surface area contributed by atoms with Crippen LogP contribution in [0.25, 0.3) is 0 Å². The molecule has 3 amide bonds. The first kappa shape index (κ1) is 29.2. The van der Waals surface area contributed by atoms with Gasteiger partial charge in [0.2, 0.25) is 17.7 Å². The zero-order valence-electron chi connectivity index (χ0n) is 23.2. The van der Waals surface area contributed by atoms with Gasteiger partial charge in [0.25, 0.3) is 0 Å². The van der Waals surface area contributed by atoms with Crippen molar-refractivity contribution >= 4 is 29.2 Å². The quantitative estimate of drug-likeness (QED) is 0.341. The van der Waals surface area contributed by atoms with E-state index in [1.165, 1.54) is 19.1 Å². The number of hydrogen-bond donors (Lipinski definition) is 2. The number of nitrogens with one attached hydrogen (secondary N) is 2. The monoisotopic (exact) mass is 536 g/mol. The summed E-state index contributed by atoms with van der Waals surface area (Å²) in [5.74, 6) is 0.349. The molecule has 39 heavy (non-hydrogen) atoms. The van der Waals surface area contributed by atoms with Crippen LogP contribution in [0.4, 0.5) is 11.5 Å². The molecule has 0 saturated carbocycles. The van der Waals surface area contributed by atoms with Crippen molar-refractivity contribution in [3.63, 3.8) is 0 Å². The minimum Gasteiger partial charge on any atom is -0.493 e. The Morgan fingerprint density at radius 3 is 2.33 bits per heavy atom. The molecule has 0 aliphatic rings. The molecule has 1 atom stereocenters. The zero-order chi connectivity index (χ0) is 28.6. The molecule has 3 aromatic rings. The molecule has 1 heterocycles. The van der Waals surface area contributed by atoms with E-state index in [0.29, 0.717) is 34.9 Å². The van der Waals surface area contributed by atoms with Gasteiger partial charge >= 0.3 is 0 Å². The molecule has 1 aromatic heterocycles. The van der Waals surface area contributed by atoms with E-state index in [4.69, 9.17) is 14.0 Å². The molecule has 208 valence electrons. The molecule has 0 saturated heterocycles. The summed E-state index contributed by atoms with van der Waals surface area (Å²) in [6, 6.07) is 14.5. The third-order valence-electron chi connectivity index (χ3n) is 6.34. The summed E-state index contributed by atoms with van der Waals surface area (Å²) in [4.78, 5) is 41.9. The number of aromatic nitrogens is 1. The number of rotatable bonds is 12. The van der Waals surface area contributed by atoms with E-state index in [0.717, 1.165) is 0 Å². The molecule has 0 radical (unpaired) electrons. The Kier molecular flexibility index (Phi) is 9.70. The summed E-state index contributed by atoms with van der Waals surface area (Å²) in [6.07, 6.45) is 0.380. The third kappa shape index (κ3) is 7.37. The zero-order valence-corrected chi connectivity index (χ0v) is 23.2. The number of amides is 3. The number of carbonyl (C=O) groups excluding carboxylic acids is 3. The topological polar surface area (TPSA) is 123 Å². The van der Waals surface area contributed by atoms with Crippen LogP contribution in [-0.4, -0.2) is 42.6 Å². The Bertz CT molecular complexity index is 1290. The molecule has 0 aliphatic carbocycles. The maximum Gasteiger partial charge on any atom is 0.248 e. The number of nitrogens with zero attached hydrogens (tertiary/aromatic N) is 2. The van der Waals surface area contributed by atoms with Crippen LogP contribution in [0.3, 0.4) is 0 Å². The minimum absolute atomic E-state index is 0.127. The SMILES string of the molecule is CCC(C)(C)NC(=O)[C@@H](c1cccc(OC)c1OC)N(C(=O)CCC(=O)Nc1cc(C)on1)c1ccccc1. The molecule has 0 spiro atoms. The van der Waals surface area contributed by atoms with Crippen molar-refractivity contribution in [1.29, 1.82) is 0 Å². The number of methoxy groups -OCH3 is 2. The van der Waals surface area contributed by atoms with Crippen LogP contribution in [-0.2, 0) is 14.4 Å². The average Bonchev–Trinajstić information content (AvgIpc) is 3.33. The molecule has 0 bridgehead atoms. The van der Waals surface area contributed by atoms with Gasteiger partial charge in [-0.3, -0.25) is 19.3 Å². The minimum atomic E-state index is -1.11. The van der Waals surface area contributed by atoms with Gasteiger partial charge in [0.05, 0.1) is 14.2 Å². The Labute approximate surface area is 228 Å². The molecule has 3 rings (SSSR count). The molecule has 0 aliphatic heterocycles. The number of aryl methyl sites for hydroxylation is 1. The van der Waals surface area contributed by atoms with Gasteiger partial charge in [0.1, 0.15) is 11.8 Å². The fourth-order valence-corrected chi connectivity index (χ4v) is 4.01. The van der Waals surface area contributed by atoms with Crippen LogP contribution in [0.2, 0.25) is 0 Å². The molecule has 10 heteroatoms. The van der Waals surface area contributed by atoms with Gasteiger partial charge in [-0.2, -0.15) is 0 Å². The van der Waals surface area contributed by atoms with Crippen molar-refractivity contribution in [2.45, 2.75) is 58.5 Å². The summed E-state index contributed by atoms with van der Waals surface area (Å²) in [7, 11) is 2.99. The number of anilines is 2. The van der Waals surface area contributed by atoms with Crippen LogP contribution >= 0.6 is 0 Å². The highest BCUT2D eigenvalue weighted by Gasteiger charge is 2.37. The van der Waals surface area contributed by atoms with Crippen LogP contribution in [0, 0.1) is 6.92 Å². The molecule has 2 N–H and O–H groups in total. The maximum atomic E-state index is 14.0. The maximum absolute atomic E-state index is 14.0. The van der Waals surface area contributed by atoms with Crippen molar-refractivity contribution in [1.82, 2.24) is 10.5 Å². The van der Waals surface area contributed by atoms with E-state index in [-0.39, 0.29) is 18.7 Å². The number of carbonyl (C=O) groups is 3. The second-order valence-electron chi connectivity index (χ2n) is 9.68. The fraction of sp³-hybridized carbons (Fsp3) is 0.379. The van der Waals surface area contributed by atoms with Gasteiger partial charge in [-0.1, -0.05) is 42.4 Å². The largest absolute Gasteiger partial charge is 0.493 e. The first-order valence-electron chi connectivity index (χ1n) is 12.7. The Morgan fingerprint density at radius 2 is 1.74 bits per heavy atom. The van der Waals surface area contributed by atoms with E-state index in [1.807, 2.05) is 26.8 Å². The first-order chi connectivity index (χ1) is 18.6. The predicted molar refractivity (Wildman–Crippen MR) is 148 cm³/mol. The lowest BCUT2D eigenvalue weighted by Gasteiger charge is -2.35. The number of hydrogen-bond acceptors (Lipinski definition) is 7. The summed E-state index contributed by atoms with van der Waals surface area (Å²) in [5, 5.41) is 9.45. The molecule has 10 nitrogen and oxygen atoms in total.